The molecule has 8 heteroatoms. The first-order valence-electron chi connectivity index (χ1n) is 9.37. The monoisotopic (exact) mass is 450 g/mol. The highest BCUT2D eigenvalue weighted by molar-refractivity contribution is 9.10. The van der Waals surface area contributed by atoms with Crippen LogP contribution in [0.5, 0.6) is 0 Å². The average molecular weight is 451 g/mol. The molecule has 1 aromatic carbocycles. The number of halogens is 1. The summed E-state index contributed by atoms with van der Waals surface area (Å²) in [6.45, 7) is 0. The molecule has 7 nitrogen and oxygen atoms in total. The van der Waals surface area contributed by atoms with E-state index < -0.39 is 0 Å². The van der Waals surface area contributed by atoms with Crippen molar-refractivity contribution in [3.05, 3.63) is 58.0 Å². The molecule has 0 spiro atoms. The van der Waals surface area contributed by atoms with Gasteiger partial charge in [-0.05, 0) is 58.6 Å². The Labute approximate surface area is 175 Å². The van der Waals surface area contributed by atoms with E-state index in [-0.39, 0.29) is 11.9 Å². The minimum absolute atomic E-state index is 0.0232. The second-order valence-corrected chi connectivity index (χ2v) is 8.21. The Morgan fingerprint density at radius 1 is 1.24 bits per heavy atom. The van der Waals surface area contributed by atoms with Crippen LogP contribution in [0.3, 0.4) is 0 Å². The van der Waals surface area contributed by atoms with Gasteiger partial charge in [0.1, 0.15) is 10.4 Å². The second-order valence-electron chi connectivity index (χ2n) is 7.40. The summed E-state index contributed by atoms with van der Waals surface area (Å²) >= 11 is 3.42. The van der Waals surface area contributed by atoms with Crippen LogP contribution in [0.1, 0.15) is 34.1 Å². The van der Waals surface area contributed by atoms with Gasteiger partial charge in [-0.3, -0.25) is 9.48 Å². The maximum Gasteiger partial charge on any atom is 0.254 e. The number of carbonyl (C=O) groups excluding carboxylic acids is 1. The van der Waals surface area contributed by atoms with Gasteiger partial charge in [-0.25, -0.2) is 9.97 Å². The molecule has 3 aromatic heterocycles. The van der Waals surface area contributed by atoms with Crippen LogP contribution in [-0.2, 0) is 13.5 Å². The van der Waals surface area contributed by atoms with E-state index in [0.29, 0.717) is 11.4 Å². The van der Waals surface area contributed by atoms with Crippen LogP contribution in [0.4, 0.5) is 5.82 Å². The maximum atomic E-state index is 13.3. The largest absolute Gasteiger partial charge is 0.383 e. The third-order valence-electron chi connectivity index (χ3n) is 5.73. The van der Waals surface area contributed by atoms with Crippen LogP contribution in [0.2, 0.25) is 0 Å². The predicted octanol–water partition coefficient (Wildman–Crippen LogP) is 3.62. The highest BCUT2D eigenvalue weighted by atomic mass is 79.9. The molecule has 1 aliphatic rings. The molecule has 3 heterocycles. The Kier molecular flexibility index (Phi) is 4.06. The van der Waals surface area contributed by atoms with E-state index in [1.165, 1.54) is 0 Å². The Balaban J connectivity index is 1.56. The van der Waals surface area contributed by atoms with Crippen molar-refractivity contribution in [3.63, 3.8) is 0 Å². The average Bonchev–Trinajstić information content (AvgIpc) is 3.30. The number of hydrogen-bond donors (Lipinski definition) is 1. The highest BCUT2D eigenvalue weighted by Crippen LogP contribution is 2.36. The van der Waals surface area contributed by atoms with E-state index in [9.17, 15) is 4.79 Å². The lowest BCUT2D eigenvalue weighted by Crippen LogP contribution is -2.30. The number of aryl methyl sites for hydroxylation is 2. The summed E-state index contributed by atoms with van der Waals surface area (Å²) in [7, 11) is 3.72. The molecule has 0 aliphatic heterocycles. The Bertz CT molecular complexity index is 1300. The van der Waals surface area contributed by atoms with Crippen molar-refractivity contribution in [1.82, 2.24) is 24.6 Å². The van der Waals surface area contributed by atoms with Crippen molar-refractivity contribution in [2.75, 3.05) is 12.8 Å². The van der Waals surface area contributed by atoms with Gasteiger partial charge in [-0.1, -0.05) is 6.07 Å². The van der Waals surface area contributed by atoms with E-state index in [1.54, 1.807) is 10.9 Å². The predicted molar refractivity (Wildman–Crippen MR) is 116 cm³/mol. The van der Waals surface area contributed by atoms with Gasteiger partial charge in [0.2, 0.25) is 0 Å². The van der Waals surface area contributed by atoms with Crippen LogP contribution in [-0.4, -0.2) is 37.6 Å². The summed E-state index contributed by atoms with van der Waals surface area (Å²) in [5.74, 6) is 0.415. The normalized spacial score (nSPS) is 15.8. The lowest BCUT2D eigenvalue weighted by molar-refractivity contribution is 0.0731. The van der Waals surface area contributed by atoms with Gasteiger partial charge in [0, 0.05) is 30.7 Å². The third kappa shape index (κ3) is 2.78. The van der Waals surface area contributed by atoms with E-state index in [4.69, 9.17) is 5.73 Å². The minimum Gasteiger partial charge on any atom is -0.383 e. The maximum absolute atomic E-state index is 13.3. The van der Waals surface area contributed by atoms with Gasteiger partial charge in [0.15, 0.2) is 0 Å². The number of rotatable bonds is 2. The van der Waals surface area contributed by atoms with E-state index in [0.717, 1.165) is 50.5 Å². The second kappa shape index (κ2) is 6.52. The number of carbonyl (C=O) groups is 1. The van der Waals surface area contributed by atoms with Gasteiger partial charge in [0.25, 0.3) is 5.91 Å². The van der Waals surface area contributed by atoms with E-state index >= 15 is 0 Å². The fourth-order valence-electron chi connectivity index (χ4n) is 4.26. The Morgan fingerprint density at radius 2 is 2.07 bits per heavy atom. The van der Waals surface area contributed by atoms with E-state index in [1.807, 2.05) is 43.3 Å². The minimum atomic E-state index is -0.0280. The molecule has 0 fully saturated rings. The standard InChI is InChI=1S/C21H19BrN6O/c1-27(17-7-6-15-12(17)4-8-18(22)25-15)21(29)11-3-5-16-13(9-11)19-14(20(23)26-16)10-24-28(19)2/h3-5,8-10,17H,6-7H2,1-2H3,(H2,23,26)/t17-/m1/s1. The number of fused-ring (bicyclic) bond motifs is 4. The summed E-state index contributed by atoms with van der Waals surface area (Å²) in [5, 5.41) is 5.96. The molecule has 0 radical (unpaired) electrons. The molecule has 0 saturated heterocycles. The van der Waals surface area contributed by atoms with Gasteiger partial charge < -0.3 is 10.6 Å². The molecule has 0 unspecified atom stereocenters. The first kappa shape index (κ1) is 18.1. The molecule has 2 N–H and O–H groups in total. The highest BCUT2D eigenvalue weighted by Gasteiger charge is 2.30. The molecule has 5 rings (SSSR count). The zero-order valence-electron chi connectivity index (χ0n) is 16.1. The van der Waals surface area contributed by atoms with Crippen molar-refractivity contribution in [1.29, 1.82) is 0 Å². The number of pyridine rings is 2. The van der Waals surface area contributed by atoms with Crippen molar-refractivity contribution in [2.24, 2.45) is 7.05 Å². The van der Waals surface area contributed by atoms with E-state index in [2.05, 4.69) is 37.1 Å². The summed E-state index contributed by atoms with van der Waals surface area (Å²) < 4.78 is 2.59. The molecule has 1 amide bonds. The number of nitrogen functional groups attached to an aromatic ring is 1. The molecule has 0 saturated carbocycles. The van der Waals surface area contributed by atoms with Crippen LogP contribution in [0, 0.1) is 0 Å². The topological polar surface area (TPSA) is 89.9 Å². The molecule has 146 valence electrons. The number of hydrogen-bond acceptors (Lipinski definition) is 5. The third-order valence-corrected chi connectivity index (χ3v) is 6.17. The van der Waals surface area contributed by atoms with Crippen molar-refractivity contribution < 1.29 is 4.79 Å². The summed E-state index contributed by atoms with van der Waals surface area (Å²) in [4.78, 5) is 24.1. The quantitative estimate of drug-likeness (QED) is 0.471. The fourth-order valence-corrected chi connectivity index (χ4v) is 4.60. The van der Waals surface area contributed by atoms with Crippen molar-refractivity contribution >= 4 is 49.5 Å². The molecule has 1 atom stereocenters. The zero-order chi connectivity index (χ0) is 20.3. The Hall–Kier alpha value is -3.00. The Morgan fingerprint density at radius 3 is 2.90 bits per heavy atom. The summed E-state index contributed by atoms with van der Waals surface area (Å²) in [6.07, 6.45) is 3.45. The van der Waals surface area contributed by atoms with Crippen LogP contribution >= 0.6 is 15.9 Å². The fraction of sp³-hybridized carbons (Fsp3) is 0.238. The van der Waals surface area contributed by atoms with Gasteiger partial charge >= 0.3 is 0 Å². The number of benzene rings is 1. The van der Waals surface area contributed by atoms with Crippen LogP contribution < -0.4 is 5.73 Å². The van der Waals surface area contributed by atoms with Crippen molar-refractivity contribution in [2.45, 2.75) is 18.9 Å². The number of nitrogens with two attached hydrogens (primary N) is 1. The smallest absolute Gasteiger partial charge is 0.254 e. The van der Waals surface area contributed by atoms with Gasteiger partial charge in [-0.2, -0.15) is 5.10 Å². The summed E-state index contributed by atoms with van der Waals surface area (Å²) in [6, 6.07) is 9.56. The number of amides is 1. The zero-order valence-corrected chi connectivity index (χ0v) is 17.6. The summed E-state index contributed by atoms with van der Waals surface area (Å²) in [5.41, 5.74) is 10.5. The first-order valence-corrected chi connectivity index (χ1v) is 10.2. The molecular formula is C21H19BrN6O. The van der Waals surface area contributed by atoms with Gasteiger partial charge in [0.05, 0.1) is 28.7 Å². The number of aromatic nitrogens is 4. The molecule has 0 bridgehead atoms. The number of nitrogens with zero attached hydrogens (tertiary/aromatic N) is 5. The lowest BCUT2D eigenvalue weighted by Gasteiger charge is -2.25. The molecule has 29 heavy (non-hydrogen) atoms. The van der Waals surface area contributed by atoms with Crippen molar-refractivity contribution in [3.8, 4) is 0 Å². The van der Waals surface area contributed by atoms with Gasteiger partial charge in [-0.15, -0.1) is 0 Å². The molecule has 4 aromatic rings. The first-order chi connectivity index (χ1) is 13.9. The number of anilines is 1. The van der Waals surface area contributed by atoms with Crippen LogP contribution in [0.15, 0.2) is 41.1 Å². The lowest BCUT2D eigenvalue weighted by atomic mass is 10.1. The molecule has 1 aliphatic carbocycles. The molecular weight excluding hydrogens is 432 g/mol. The SMILES string of the molecule is CN(C(=O)c1ccc2nc(N)c3cnn(C)c3c2c1)[C@@H]1CCc2nc(Br)ccc21. The van der Waals surface area contributed by atoms with Crippen LogP contribution in [0.25, 0.3) is 21.8 Å².